The van der Waals surface area contributed by atoms with Crippen LogP contribution in [0.25, 0.3) is 28.4 Å². The van der Waals surface area contributed by atoms with Crippen LogP contribution in [0.3, 0.4) is 0 Å². The molecule has 0 radical (unpaired) electrons. The van der Waals surface area contributed by atoms with Crippen molar-refractivity contribution in [2.24, 2.45) is 0 Å². The summed E-state index contributed by atoms with van der Waals surface area (Å²) < 4.78 is 11.1. The van der Waals surface area contributed by atoms with E-state index < -0.39 is 5.97 Å². The average molecular weight is 425 g/mol. The van der Waals surface area contributed by atoms with Crippen LogP contribution < -0.4 is 4.74 Å². The fourth-order valence-corrected chi connectivity index (χ4v) is 3.70. The molecule has 0 amide bonds. The first-order chi connectivity index (χ1) is 14.4. The van der Waals surface area contributed by atoms with Gasteiger partial charge < -0.3 is 14.4 Å². The molecule has 30 heavy (non-hydrogen) atoms. The topological polar surface area (TPSA) is 85.5 Å². The number of carbonyl (C=O) groups is 1. The molecule has 3 aromatic rings. The van der Waals surface area contributed by atoms with E-state index in [2.05, 4.69) is 16.2 Å². The number of halogens is 1. The van der Waals surface area contributed by atoms with E-state index in [4.69, 9.17) is 26.0 Å². The quantitative estimate of drug-likeness (QED) is 0.527. The van der Waals surface area contributed by atoms with Gasteiger partial charge in [0.05, 0.1) is 11.1 Å². The highest BCUT2D eigenvalue weighted by atomic mass is 35.5. The molecule has 0 saturated heterocycles. The molecule has 2 aromatic carbocycles. The van der Waals surface area contributed by atoms with Crippen LogP contribution in [0.5, 0.6) is 5.75 Å². The molecule has 0 saturated carbocycles. The van der Waals surface area contributed by atoms with Gasteiger partial charge in [-0.15, -0.1) is 0 Å². The van der Waals surface area contributed by atoms with Crippen molar-refractivity contribution in [2.45, 2.75) is 39.2 Å². The number of hydrogen-bond acceptors (Lipinski definition) is 5. The first-order valence-corrected chi connectivity index (χ1v) is 10.1. The highest BCUT2D eigenvalue weighted by Crippen LogP contribution is 2.34. The second-order valence-corrected chi connectivity index (χ2v) is 7.84. The Morgan fingerprint density at radius 2 is 2.03 bits per heavy atom. The lowest BCUT2D eigenvalue weighted by molar-refractivity contribution is -0.136. The van der Waals surface area contributed by atoms with Gasteiger partial charge in [0, 0.05) is 17.5 Å². The van der Waals surface area contributed by atoms with Gasteiger partial charge in [-0.2, -0.15) is 4.98 Å². The van der Waals surface area contributed by atoms with Gasteiger partial charge in [0.25, 0.3) is 5.89 Å². The first-order valence-electron chi connectivity index (χ1n) is 9.75. The van der Waals surface area contributed by atoms with Gasteiger partial charge in [0.1, 0.15) is 5.75 Å². The minimum absolute atomic E-state index is 0.0299. The molecule has 154 valence electrons. The van der Waals surface area contributed by atoms with Crippen molar-refractivity contribution >= 4 is 23.1 Å². The normalized spacial score (nSPS) is 12.7. The van der Waals surface area contributed by atoms with Gasteiger partial charge in [-0.3, -0.25) is 4.79 Å². The van der Waals surface area contributed by atoms with E-state index in [1.54, 1.807) is 12.1 Å². The minimum atomic E-state index is -0.788. The number of fused-ring (bicyclic) bond motifs is 1. The molecule has 4 rings (SSSR count). The summed E-state index contributed by atoms with van der Waals surface area (Å²) in [6, 6.07) is 11.3. The van der Waals surface area contributed by atoms with Crippen molar-refractivity contribution in [1.82, 2.24) is 10.1 Å². The highest BCUT2D eigenvalue weighted by molar-refractivity contribution is 6.32. The molecule has 1 heterocycles. The molecular formula is C23H21ClN2O4. The van der Waals surface area contributed by atoms with Crippen LogP contribution in [0.4, 0.5) is 0 Å². The lowest BCUT2D eigenvalue weighted by Gasteiger charge is -2.11. The zero-order valence-electron chi connectivity index (χ0n) is 16.7. The average Bonchev–Trinajstić information content (AvgIpc) is 3.34. The molecule has 1 aromatic heterocycles. The fraction of sp³-hybridized carbons (Fsp3) is 0.261. The third kappa shape index (κ3) is 4.24. The van der Waals surface area contributed by atoms with E-state index >= 15 is 0 Å². The SMILES string of the molecule is CC(C)Oc1ccc(-c2nc(-c3ccc4c(c3)CC=C4CCC(=O)O)no2)cc1Cl. The summed E-state index contributed by atoms with van der Waals surface area (Å²) in [4.78, 5) is 15.4. The summed E-state index contributed by atoms with van der Waals surface area (Å²) in [7, 11) is 0. The third-order valence-electron chi connectivity index (χ3n) is 4.85. The van der Waals surface area contributed by atoms with Crippen molar-refractivity contribution in [2.75, 3.05) is 0 Å². The summed E-state index contributed by atoms with van der Waals surface area (Å²) in [6.45, 7) is 3.88. The van der Waals surface area contributed by atoms with Crippen LogP contribution >= 0.6 is 11.6 Å². The second-order valence-electron chi connectivity index (χ2n) is 7.43. The van der Waals surface area contributed by atoms with E-state index in [1.807, 2.05) is 38.1 Å². The zero-order valence-corrected chi connectivity index (χ0v) is 17.4. The second kappa shape index (κ2) is 8.32. The Balaban J connectivity index is 1.54. The lowest BCUT2D eigenvalue weighted by atomic mass is 10.00. The molecule has 0 atom stereocenters. The summed E-state index contributed by atoms with van der Waals surface area (Å²) in [5.41, 5.74) is 4.87. The van der Waals surface area contributed by atoms with Gasteiger partial charge in [0.2, 0.25) is 5.82 Å². The van der Waals surface area contributed by atoms with Gasteiger partial charge in [-0.1, -0.05) is 35.0 Å². The Morgan fingerprint density at radius 3 is 2.77 bits per heavy atom. The smallest absolute Gasteiger partial charge is 0.303 e. The first kappa shape index (κ1) is 20.2. The molecule has 1 aliphatic rings. The fourth-order valence-electron chi connectivity index (χ4n) is 3.48. The predicted molar refractivity (Wildman–Crippen MR) is 114 cm³/mol. The van der Waals surface area contributed by atoms with E-state index in [-0.39, 0.29) is 12.5 Å². The van der Waals surface area contributed by atoms with Crippen LogP contribution in [-0.4, -0.2) is 27.3 Å². The Morgan fingerprint density at radius 1 is 1.23 bits per heavy atom. The van der Waals surface area contributed by atoms with E-state index in [9.17, 15) is 4.79 Å². The van der Waals surface area contributed by atoms with Crippen LogP contribution in [0.15, 0.2) is 47.0 Å². The molecule has 7 heteroatoms. The van der Waals surface area contributed by atoms with Crippen molar-refractivity contribution < 1.29 is 19.2 Å². The number of hydrogen-bond donors (Lipinski definition) is 1. The molecule has 0 bridgehead atoms. The Hall–Kier alpha value is -3.12. The monoisotopic (exact) mass is 424 g/mol. The number of carboxylic acid groups (broad SMARTS) is 1. The Bertz CT molecular complexity index is 1130. The molecule has 0 spiro atoms. The van der Waals surface area contributed by atoms with Crippen LogP contribution in [0, 0.1) is 0 Å². The highest BCUT2D eigenvalue weighted by Gasteiger charge is 2.18. The van der Waals surface area contributed by atoms with Crippen molar-refractivity contribution in [3.63, 3.8) is 0 Å². The van der Waals surface area contributed by atoms with Gasteiger partial charge >= 0.3 is 5.97 Å². The van der Waals surface area contributed by atoms with Crippen LogP contribution in [0.1, 0.15) is 37.8 Å². The van der Waals surface area contributed by atoms with Crippen molar-refractivity contribution in [3.8, 4) is 28.6 Å². The molecule has 0 unspecified atom stereocenters. The number of ether oxygens (including phenoxy) is 1. The van der Waals surface area contributed by atoms with Gasteiger partial charge in [0.15, 0.2) is 0 Å². The number of benzene rings is 2. The van der Waals surface area contributed by atoms with E-state index in [0.717, 1.165) is 28.7 Å². The number of rotatable bonds is 7. The number of allylic oxidation sites excluding steroid dienone is 2. The summed E-state index contributed by atoms with van der Waals surface area (Å²) in [6.07, 6.45) is 3.55. The van der Waals surface area contributed by atoms with Crippen molar-refractivity contribution in [3.05, 3.63) is 58.6 Å². The Labute approximate surface area is 179 Å². The molecule has 0 fully saturated rings. The summed E-state index contributed by atoms with van der Waals surface area (Å²) >= 11 is 6.31. The van der Waals surface area contributed by atoms with Crippen molar-refractivity contribution in [1.29, 1.82) is 0 Å². The summed E-state index contributed by atoms with van der Waals surface area (Å²) in [5, 5.41) is 13.5. The Kier molecular flexibility index (Phi) is 5.59. The maximum atomic E-state index is 10.8. The lowest BCUT2D eigenvalue weighted by Crippen LogP contribution is -2.05. The van der Waals surface area contributed by atoms with Crippen LogP contribution in [0.2, 0.25) is 5.02 Å². The summed E-state index contributed by atoms with van der Waals surface area (Å²) in [5.74, 6) is 0.693. The number of aliphatic carboxylic acids is 1. The molecule has 1 aliphatic carbocycles. The number of nitrogens with zero attached hydrogens (tertiary/aromatic N) is 2. The molecule has 6 nitrogen and oxygen atoms in total. The maximum absolute atomic E-state index is 10.8. The maximum Gasteiger partial charge on any atom is 0.303 e. The third-order valence-corrected chi connectivity index (χ3v) is 5.15. The number of aromatic nitrogens is 2. The number of carboxylic acids is 1. The predicted octanol–water partition coefficient (Wildman–Crippen LogP) is 5.65. The standard InChI is InChI=1S/C23H21ClN2O4/c1-13(2)29-20-9-6-17(12-19(20)24)23-25-22(26-30-23)16-5-8-18-14(7-10-21(27)28)3-4-15(18)11-16/h3,5-6,8-9,11-13H,4,7,10H2,1-2H3,(H,27,28). The molecule has 0 aliphatic heterocycles. The minimum Gasteiger partial charge on any atom is -0.489 e. The zero-order chi connectivity index (χ0) is 21.3. The largest absolute Gasteiger partial charge is 0.489 e. The van der Waals surface area contributed by atoms with E-state index in [0.29, 0.717) is 34.5 Å². The molecular weight excluding hydrogens is 404 g/mol. The van der Waals surface area contributed by atoms with Crippen LogP contribution in [-0.2, 0) is 11.2 Å². The van der Waals surface area contributed by atoms with E-state index in [1.165, 1.54) is 0 Å². The van der Waals surface area contributed by atoms with Gasteiger partial charge in [-0.05, 0) is 67.7 Å². The van der Waals surface area contributed by atoms with Gasteiger partial charge in [-0.25, -0.2) is 0 Å². The molecule has 1 N–H and O–H groups in total.